The normalized spacial score (nSPS) is 13.8. The number of nitrogens with one attached hydrogen (secondary N) is 3. The van der Waals surface area contributed by atoms with Gasteiger partial charge in [-0.15, -0.1) is 0 Å². The summed E-state index contributed by atoms with van der Waals surface area (Å²) in [6.07, 6.45) is 0. The fourth-order valence-electron chi connectivity index (χ4n) is 2.28. The van der Waals surface area contributed by atoms with Crippen molar-refractivity contribution in [2.24, 2.45) is 4.99 Å². The van der Waals surface area contributed by atoms with Crippen molar-refractivity contribution in [3.8, 4) is 0 Å². The summed E-state index contributed by atoms with van der Waals surface area (Å²) in [7, 11) is 0.0704. The Morgan fingerprint density at radius 2 is 1.76 bits per heavy atom. The van der Waals surface area contributed by atoms with Gasteiger partial charge in [-0.25, -0.2) is 13.1 Å². The van der Waals surface area contributed by atoms with Crippen LogP contribution in [0.5, 0.6) is 0 Å². The van der Waals surface area contributed by atoms with E-state index in [2.05, 4.69) is 20.3 Å². The van der Waals surface area contributed by atoms with Gasteiger partial charge in [-0.1, -0.05) is 24.3 Å². The minimum atomic E-state index is -3.30. The van der Waals surface area contributed by atoms with Gasteiger partial charge in [0.25, 0.3) is 0 Å². The first-order valence-corrected chi connectivity index (χ1v) is 9.95. The van der Waals surface area contributed by atoms with Gasteiger partial charge in [-0.2, -0.15) is 0 Å². The minimum absolute atomic E-state index is 0.0172. The van der Waals surface area contributed by atoms with Crippen molar-refractivity contribution >= 4 is 16.0 Å². The Labute approximate surface area is 151 Å². The van der Waals surface area contributed by atoms with E-state index in [9.17, 15) is 8.42 Å². The lowest BCUT2D eigenvalue weighted by Crippen LogP contribution is -2.43. The van der Waals surface area contributed by atoms with E-state index in [0.29, 0.717) is 19.1 Å². The van der Waals surface area contributed by atoms with Crippen LogP contribution in [0.3, 0.4) is 0 Å². The monoisotopic (exact) mass is 370 g/mol. The van der Waals surface area contributed by atoms with Crippen molar-refractivity contribution < 1.29 is 13.2 Å². The van der Waals surface area contributed by atoms with Crippen LogP contribution in [0.4, 0.5) is 0 Å². The van der Waals surface area contributed by atoms with Crippen LogP contribution >= 0.6 is 0 Å². The van der Waals surface area contributed by atoms with E-state index in [4.69, 9.17) is 4.74 Å². The molecule has 0 spiro atoms. The number of hydrogen-bond acceptors (Lipinski definition) is 4. The molecule has 0 aliphatic rings. The highest BCUT2D eigenvalue weighted by molar-refractivity contribution is 7.88. The van der Waals surface area contributed by atoms with E-state index < -0.39 is 10.0 Å². The molecule has 7 nitrogen and oxygen atoms in total. The number of benzene rings is 1. The van der Waals surface area contributed by atoms with Crippen LogP contribution in [0.25, 0.3) is 0 Å². The second-order valence-corrected chi connectivity index (χ2v) is 8.03. The highest BCUT2D eigenvalue weighted by Crippen LogP contribution is 2.08. The Morgan fingerprint density at radius 3 is 2.28 bits per heavy atom. The second-order valence-electron chi connectivity index (χ2n) is 6.27. The average molecular weight is 371 g/mol. The lowest BCUT2D eigenvalue weighted by atomic mass is 10.1. The minimum Gasteiger partial charge on any atom is -0.383 e. The van der Waals surface area contributed by atoms with Crippen molar-refractivity contribution in [3.05, 3.63) is 35.4 Å². The van der Waals surface area contributed by atoms with E-state index in [0.717, 1.165) is 11.1 Å². The highest BCUT2D eigenvalue weighted by Gasteiger charge is 2.12. The van der Waals surface area contributed by atoms with Gasteiger partial charge in [0.2, 0.25) is 10.0 Å². The number of aliphatic imine (C=N–C) groups is 1. The maximum absolute atomic E-state index is 11.9. The smallest absolute Gasteiger partial charge is 0.216 e. The van der Waals surface area contributed by atoms with E-state index in [1.54, 1.807) is 28.0 Å². The summed E-state index contributed by atoms with van der Waals surface area (Å²) in [5, 5.41) is 6.45. The fourth-order valence-corrected chi connectivity index (χ4v) is 3.71. The van der Waals surface area contributed by atoms with Gasteiger partial charge in [0.05, 0.1) is 12.4 Å². The van der Waals surface area contributed by atoms with E-state index in [1.807, 2.05) is 31.2 Å². The summed E-state index contributed by atoms with van der Waals surface area (Å²) in [6, 6.07) is 7.55. The van der Waals surface area contributed by atoms with Crippen LogP contribution in [0.1, 0.15) is 31.9 Å². The Hall–Kier alpha value is -1.64. The summed E-state index contributed by atoms with van der Waals surface area (Å²) in [5.74, 6) is 0.675. The zero-order valence-corrected chi connectivity index (χ0v) is 16.5. The SMILES string of the molecule is CN=C(NCc1ccc(CS(=O)(=O)NC(C)C)cc1)NC(C)COC. The van der Waals surface area contributed by atoms with Crippen molar-refractivity contribution in [3.63, 3.8) is 0 Å². The zero-order chi connectivity index (χ0) is 18.9. The van der Waals surface area contributed by atoms with Gasteiger partial charge in [0.15, 0.2) is 5.96 Å². The number of ether oxygens (including phenoxy) is 1. The molecular formula is C17H30N4O3S. The van der Waals surface area contributed by atoms with E-state index in [-0.39, 0.29) is 17.8 Å². The first kappa shape index (κ1) is 21.4. The third kappa shape index (κ3) is 8.85. The van der Waals surface area contributed by atoms with Gasteiger partial charge < -0.3 is 15.4 Å². The molecule has 0 radical (unpaired) electrons. The molecule has 25 heavy (non-hydrogen) atoms. The molecule has 0 fully saturated rings. The third-order valence-electron chi connectivity index (χ3n) is 3.28. The molecule has 0 aromatic heterocycles. The number of guanidine groups is 1. The molecule has 3 N–H and O–H groups in total. The summed E-state index contributed by atoms with van der Waals surface area (Å²) in [4.78, 5) is 4.17. The van der Waals surface area contributed by atoms with Crippen LogP contribution in [-0.4, -0.2) is 47.2 Å². The maximum atomic E-state index is 11.9. The first-order chi connectivity index (χ1) is 11.8. The van der Waals surface area contributed by atoms with E-state index in [1.165, 1.54) is 0 Å². The lowest BCUT2D eigenvalue weighted by Gasteiger charge is -2.17. The third-order valence-corrected chi connectivity index (χ3v) is 4.82. The largest absolute Gasteiger partial charge is 0.383 e. The van der Waals surface area contributed by atoms with Gasteiger partial charge in [0, 0.05) is 32.8 Å². The number of hydrogen-bond donors (Lipinski definition) is 3. The van der Waals surface area contributed by atoms with Crippen molar-refractivity contribution in [2.45, 2.75) is 45.2 Å². The molecule has 1 aromatic carbocycles. The summed E-state index contributed by atoms with van der Waals surface area (Å²) < 4.78 is 31.6. The molecule has 0 amide bonds. The van der Waals surface area contributed by atoms with Crippen molar-refractivity contribution in [1.82, 2.24) is 15.4 Å². The Balaban J connectivity index is 2.56. The van der Waals surface area contributed by atoms with Gasteiger partial charge >= 0.3 is 0 Å². The zero-order valence-electron chi connectivity index (χ0n) is 15.7. The van der Waals surface area contributed by atoms with Crippen molar-refractivity contribution in [1.29, 1.82) is 0 Å². The molecule has 1 rings (SSSR count). The van der Waals surface area contributed by atoms with Crippen LogP contribution in [0.15, 0.2) is 29.3 Å². The Kier molecular flexibility index (Phi) is 8.88. The molecule has 0 bridgehead atoms. The summed E-state index contributed by atoms with van der Waals surface area (Å²) in [6.45, 7) is 6.81. The molecule has 142 valence electrons. The molecule has 1 unspecified atom stereocenters. The first-order valence-electron chi connectivity index (χ1n) is 8.29. The second kappa shape index (κ2) is 10.4. The molecule has 1 aromatic rings. The number of methoxy groups -OCH3 is 1. The van der Waals surface area contributed by atoms with Crippen LogP contribution in [-0.2, 0) is 27.1 Å². The molecule has 0 saturated carbocycles. The summed E-state index contributed by atoms with van der Waals surface area (Å²) >= 11 is 0. The topological polar surface area (TPSA) is 91.8 Å². The molecular weight excluding hydrogens is 340 g/mol. The Bertz CT molecular complexity index is 642. The number of sulfonamides is 1. The van der Waals surface area contributed by atoms with Crippen LogP contribution in [0.2, 0.25) is 0 Å². The summed E-state index contributed by atoms with van der Waals surface area (Å²) in [5.41, 5.74) is 1.80. The highest BCUT2D eigenvalue weighted by atomic mass is 32.2. The number of nitrogens with zero attached hydrogens (tertiary/aromatic N) is 1. The van der Waals surface area contributed by atoms with Crippen molar-refractivity contribution in [2.75, 3.05) is 20.8 Å². The molecule has 0 aliphatic carbocycles. The molecule has 0 heterocycles. The van der Waals surface area contributed by atoms with E-state index >= 15 is 0 Å². The van der Waals surface area contributed by atoms with Crippen LogP contribution in [0, 0.1) is 0 Å². The maximum Gasteiger partial charge on any atom is 0.216 e. The fraction of sp³-hybridized carbons (Fsp3) is 0.588. The van der Waals surface area contributed by atoms with Gasteiger partial charge in [-0.05, 0) is 31.9 Å². The Morgan fingerprint density at radius 1 is 1.16 bits per heavy atom. The predicted molar refractivity (Wildman–Crippen MR) is 102 cm³/mol. The van der Waals surface area contributed by atoms with Crippen LogP contribution < -0.4 is 15.4 Å². The predicted octanol–water partition coefficient (Wildman–Crippen LogP) is 1.21. The molecule has 8 heteroatoms. The number of rotatable bonds is 9. The molecule has 0 aliphatic heterocycles. The average Bonchev–Trinajstić information content (AvgIpc) is 2.51. The lowest BCUT2D eigenvalue weighted by molar-refractivity contribution is 0.179. The van der Waals surface area contributed by atoms with Gasteiger partial charge in [0.1, 0.15) is 0 Å². The van der Waals surface area contributed by atoms with Gasteiger partial charge in [-0.3, -0.25) is 4.99 Å². The quantitative estimate of drug-likeness (QED) is 0.449. The molecule has 0 saturated heterocycles. The standard InChI is InChI=1S/C17H30N4O3S/c1-13(2)21-25(22,23)12-16-8-6-15(7-9-16)10-19-17(18-4)20-14(3)11-24-5/h6-9,13-14,21H,10-12H2,1-5H3,(H2,18,19,20). The molecule has 1 atom stereocenters.